The Labute approximate surface area is 247 Å². The second kappa shape index (κ2) is 10.2. The van der Waals surface area contributed by atoms with Crippen LogP contribution in [0.15, 0.2) is 36.4 Å². The summed E-state index contributed by atoms with van der Waals surface area (Å²) in [5.41, 5.74) is 8.86. The number of anilines is 1. The zero-order valence-corrected chi connectivity index (χ0v) is 24.7. The number of halogens is 2. The Hall–Kier alpha value is -3.78. The van der Waals surface area contributed by atoms with Crippen molar-refractivity contribution >= 4 is 43.8 Å². The molecule has 0 radical (unpaired) electrons. The van der Waals surface area contributed by atoms with Gasteiger partial charge in [0.25, 0.3) is 5.91 Å². The van der Waals surface area contributed by atoms with E-state index in [1.54, 1.807) is 12.1 Å². The van der Waals surface area contributed by atoms with Crippen LogP contribution in [0.25, 0.3) is 33.6 Å². The van der Waals surface area contributed by atoms with Crippen LogP contribution < -0.4 is 14.8 Å². The van der Waals surface area contributed by atoms with Crippen LogP contribution in [-0.4, -0.2) is 75.9 Å². The summed E-state index contributed by atoms with van der Waals surface area (Å²) in [6.45, 7) is -2.73. The highest BCUT2D eigenvalue weighted by atomic mass is 32.2. The minimum absolute atomic E-state index is 0.0325. The third-order valence-electron chi connectivity index (χ3n) is 8.94. The van der Waals surface area contributed by atoms with Gasteiger partial charge in [0.2, 0.25) is 10.0 Å². The molecule has 3 aromatic heterocycles. The van der Waals surface area contributed by atoms with Crippen LogP contribution in [0.5, 0.6) is 5.75 Å². The maximum atomic E-state index is 13.8. The lowest BCUT2D eigenvalue weighted by Gasteiger charge is -2.23. The summed E-state index contributed by atoms with van der Waals surface area (Å²) >= 11 is 0. The second-order valence-corrected chi connectivity index (χ2v) is 13.8. The summed E-state index contributed by atoms with van der Waals surface area (Å²) in [6.07, 6.45) is 5.59. The van der Waals surface area contributed by atoms with Crippen molar-refractivity contribution < 1.29 is 26.7 Å². The molecule has 14 heteroatoms. The average molecular weight is 614 g/mol. The number of hydrogen-bond donors (Lipinski definition) is 1. The number of carbonyl (C=O) groups excluding carboxylic acids is 1. The molecule has 0 spiro atoms. The lowest BCUT2D eigenvalue weighted by atomic mass is 9.97. The number of hydrogen-bond acceptors (Lipinski definition) is 7. The fourth-order valence-electron chi connectivity index (χ4n) is 6.73. The summed E-state index contributed by atoms with van der Waals surface area (Å²) in [4.78, 5) is 24.2. The maximum Gasteiger partial charge on any atom is 0.329 e. The fraction of sp³-hybridized carbons (Fsp3) is 0.483. The van der Waals surface area contributed by atoms with E-state index in [0.717, 1.165) is 49.6 Å². The number of carbonyl (C=O) groups is 1. The summed E-state index contributed by atoms with van der Waals surface area (Å²) in [5.74, 6) is 1.18. The first-order chi connectivity index (χ1) is 20.5. The van der Waals surface area contributed by atoms with Crippen LogP contribution in [0.2, 0.25) is 0 Å². The number of pyridine rings is 1. The van der Waals surface area contributed by atoms with E-state index < -0.39 is 16.6 Å². The number of aromatic nitrogens is 4. The molecule has 3 aliphatic rings. The topological polar surface area (TPSA) is 129 Å². The fourth-order valence-corrected chi connectivity index (χ4v) is 7.46. The summed E-state index contributed by atoms with van der Waals surface area (Å²) in [5, 5.41) is 0.687. The van der Waals surface area contributed by atoms with E-state index >= 15 is 0 Å². The Morgan fingerprint density at radius 2 is 1.93 bits per heavy atom. The average Bonchev–Trinajstić information content (AvgIpc) is 3.27. The van der Waals surface area contributed by atoms with Gasteiger partial charge in [-0.25, -0.2) is 18.4 Å². The van der Waals surface area contributed by atoms with Gasteiger partial charge >= 0.3 is 6.55 Å². The molecule has 11 nitrogen and oxygen atoms in total. The maximum absolute atomic E-state index is 13.8. The summed E-state index contributed by atoms with van der Waals surface area (Å²) in [6, 6.07) is 10.6. The highest BCUT2D eigenvalue weighted by Gasteiger charge is 2.47. The number of sulfonamides is 1. The van der Waals surface area contributed by atoms with Gasteiger partial charge in [-0.1, -0.05) is 0 Å². The lowest BCUT2D eigenvalue weighted by Crippen LogP contribution is -2.42. The van der Waals surface area contributed by atoms with Gasteiger partial charge < -0.3 is 24.5 Å². The largest absolute Gasteiger partial charge is 0.484 e. The van der Waals surface area contributed by atoms with E-state index in [1.807, 2.05) is 39.3 Å². The van der Waals surface area contributed by atoms with E-state index in [9.17, 15) is 22.0 Å². The van der Waals surface area contributed by atoms with Gasteiger partial charge in [-0.05, 0) is 68.4 Å². The third kappa shape index (κ3) is 4.89. The van der Waals surface area contributed by atoms with Gasteiger partial charge in [-0.15, -0.1) is 0 Å². The number of aryl methyl sites for hydroxylation is 1. The number of amides is 1. The molecule has 2 aliphatic heterocycles. The standard InChI is InChI=1S/C29H33F2N7O4S/c1-35-23-9-7-19(42-15-26(39)37-18-6-8-22(37)20(32)12-18)13-21(23)33-28(35)24-11-17-5-10-25(38(29(30)31)43(2,40)41)34-27(17)36(24)14-16-3-4-16/h5,7,9-11,13,16,18,20,22,29H,3-4,6,8,12,14-15,32H2,1-2H3/t18-,20+,22+/m0/s1. The smallest absolute Gasteiger partial charge is 0.329 e. The first-order valence-electron chi connectivity index (χ1n) is 14.4. The van der Waals surface area contributed by atoms with E-state index in [4.69, 9.17) is 15.5 Å². The SMILES string of the molecule is Cn1c(-c2cc3ccc(N(C(F)F)S(C)(=O)=O)nc3n2CC2CC2)nc2cc(OCC(=O)N3[C@H]4CC[C@@H]3[C@H](N)C4)ccc21. The number of nitrogens with zero attached hydrogens (tertiary/aromatic N) is 6. The van der Waals surface area contributed by atoms with E-state index in [1.165, 1.54) is 6.07 Å². The Morgan fingerprint density at radius 3 is 2.58 bits per heavy atom. The van der Waals surface area contributed by atoms with Crippen LogP contribution in [0.1, 0.15) is 32.1 Å². The van der Waals surface area contributed by atoms with Crippen molar-refractivity contribution in [2.75, 3.05) is 17.2 Å². The predicted octanol–water partition coefficient (Wildman–Crippen LogP) is 3.46. The molecule has 3 fully saturated rings. The van der Waals surface area contributed by atoms with Crippen molar-refractivity contribution in [2.45, 2.75) is 63.3 Å². The predicted molar refractivity (Wildman–Crippen MR) is 157 cm³/mol. The van der Waals surface area contributed by atoms with Crippen molar-refractivity contribution in [2.24, 2.45) is 18.7 Å². The zero-order valence-electron chi connectivity index (χ0n) is 23.9. The molecule has 7 rings (SSSR count). The Balaban J connectivity index is 1.21. The van der Waals surface area contributed by atoms with Crippen LogP contribution in [0, 0.1) is 5.92 Å². The molecule has 228 valence electrons. The number of ether oxygens (including phenoxy) is 1. The molecule has 43 heavy (non-hydrogen) atoms. The van der Waals surface area contributed by atoms with E-state index in [2.05, 4.69) is 4.98 Å². The summed E-state index contributed by atoms with van der Waals surface area (Å²) < 4.78 is 61.6. The van der Waals surface area contributed by atoms with Crippen LogP contribution in [-0.2, 0) is 28.4 Å². The van der Waals surface area contributed by atoms with Gasteiger partial charge in [-0.3, -0.25) is 4.79 Å². The number of imidazole rings is 1. The van der Waals surface area contributed by atoms with Crippen LogP contribution >= 0.6 is 0 Å². The molecule has 3 atom stereocenters. The van der Waals surface area contributed by atoms with Crippen LogP contribution in [0.3, 0.4) is 0 Å². The molecular formula is C29H33F2N7O4S. The van der Waals surface area contributed by atoms with Crippen molar-refractivity contribution in [3.05, 3.63) is 36.4 Å². The van der Waals surface area contributed by atoms with Crippen molar-refractivity contribution in [1.29, 1.82) is 0 Å². The molecule has 1 amide bonds. The number of benzene rings is 1. The minimum atomic E-state index is -4.25. The second-order valence-electron chi connectivity index (χ2n) is 11.9. The summed E-state index contributed by atoms with van der Waals surface area (Å²) in [7, 11) is -2.36. The number of nitrogens with two attached hydrogens (primary N) is 1. The lowest BCUT2D eigenvalue weighted by molar-refractivity contribution is -0.134. The monoisotopic (exact) mass is 613 g/mol. The zero-order chi connectivity index (χ0) is 30.2. The van der Waals surface area contributed by atoms with Gasteiger partial charge in [0.15, 0.2) is 12.4 Å². The van der Waals surface area contributed by atoms with Gasteiger partial charge in [0.05, 0.1) is 23.0 Å². The van der Waals surface area contributed by atoms with Crippen molar-refractivity contribution in [3.63, 3.8) is 0 Å². The number of fused-ring (bicyclic) bond motifs is 4. The molecule has 5 heterocycles. The van der Waals surface area contributed by atoms with Gasteiger partial charge in [-0.2, -0.15) is 13.1 Å². The molecule has 2 bridgehead atoms. The van der Waals surface area contributed by atoms with Crippen molar-refractivity contribution in [3.8, 4) is 17.3 Å². The van der Waals surface area contributed by atoms with Crippen molar-refractivity contribution in [1.82, 2.24) is 24.0 Å². The normalized spacial score (nSPS) is 21.9. The first kappa shape index (κ1) is 28.0. The Morgan fingerprint density at radius 1 is 1.14 bits per heavy atom. The quantitative estimate of drug-likeness (QED) is 0.286. The number of alkyl halides is 2. The molecule has 4 aromatic rings. The van der Waals surface area contributed by atoms with Gasteiger partial charge in [0.1, 0.15) is 17.2 Å². The molecule has 2 N–H and O–H groups in total. The first-order valence-corrected chi connectivity index (χ1v) is 16.3. The number of rotatable bonds is 9. The minimum Gasteiger partial charge on any atom is -0.484 e. The third-order valence-corrected chi connectivity index (χ3v) is 10.0. The molecule has 1 aliphatic carbocycles. The van der Waals surface area contributed by atoms with E-state index in [-0.39, 0.29) is 40.8 Å². The Bertz CT molecular complexity index is 1850. The highest BCUT2D eigenvalue weighted by molar-refractivity contribution is 7.92. The van der Waals surface area contributed by atoms with Crippen LogP contribution in [0.4, 0.5) is 14.6 Å². The molecule has 1 aromatic carbocycles. The molecular weight excluding hydrogens is 580 g/mol. The Kier molecular flexibility index (Phi) is 6.61. The molecule has 1 saturated carbocycles. The molecule has 2 saturated heterocycles. The highest BCUT2D eigenvalue weighted by Crippen LogP contribution is 2.38. The molecule has 0 unspecified atom stereocenters. The van der Waals surface area contributed by atoms with E-state index in [0.29, 0.717) is 40.6 Å². The van der Waals surface area contributed by atoms with Gasteiger partial charge in [0, 0.05) is 43.2 Å².